The van der Waals surface area contributed by atoms with Gasteiger partial charge in [-0.3, -0.25) is 4.79 Å². The minimum Gasteiger partial charge on any atom is -0.336 e. The van der Waals surface area contributed by atoms with Crippen LogP contribution in [0.15, 0.2) is 29.8 Å². The summed E-state index contributed by atoms with van der Waals surface area (Å²) in [4.78, 5) is 14.5. The van der Waals surface area contributed by atoms with Crippen molar-refractivity contribution in [1.82, 2.24) is 4.90 Å². The van der Waals surface area contributed by atoms with Crippen molar-refractivity contribution in [3.63, 3.8) is 0 Å². The molecule has 2 atom stereocenters. The minimum atomic E-state index is 0.187. The smallest absolute Gasteiger partial charge is 0.249 e. The summed E-state index contributed by atoms with van der Waals surface area (Å²) >= 11 is 5.96. The zero-order valence-corrected chi connectivity index (χ0v) is 11.9. The van der Waals surface area contributed by atoms with E-state index in [9.17, 15) is 4.79 Å². The average molecular weight is 276 g/mol. The van der Waals surface area contributed by atoms with Crippen LogP contribution in [0.5, 0.6) is 0 Å². The Balaban J connectivity index is 1.76. The molecule has 3 heteroatoms. The molecule has 1 aromatic rings. The van der Waals surface area contributed by atoms with Crippen molar-refractivity contribution in [2.75, 3.05) is 6.54 Å². The molecule has 1 amide bonds. The zero-order valence-electron chi connectivity index (χ0n) is 11.1. The van der Waals surface area contributed by atoms with Gasteiger partial charge in [-0.1, -0.05) is 23.7 Å². The molecule has 1 aliphatic carbocycles. The molecular weight excluding hydrogens is 258 g/mol. The molecule has 1 aliphatic heterocycles. The Labute approximate surface area is 119 Å². The van der Waals surface area contributed by atoms with Gasteiger partial charge in [-0.2, -0.15) is 0 Å². The first-order valence-electron chi connectivity index (χ1n) is 6.88. The Morgan fingerprint density at radius 3 is 2.89 bits per heavy atom. The molecule has 19 heavy (non-hydrogen) atoms. The van der Waals surface area contributed by atoms with Gasteiger partial charge in [-0.25, -0.2) is 0 Å². The van der Waals surface area contributed by atoms with Crippen LogP contribution in [0.2, 0.25) is 5.02 Å². The molecule has 3 rings (SSSR count). The van der Waals surface area contributed by atoms with E-state index in [1.807, 2.05) is 37.3 Å². The van der Waals surface area contributed by atoms with E-state index >= 15 is 0 Å². The second kappa shape index (κ2) is 5.01. The summed E-state index contributed by atoms with van der Waals surface area (Å²) < 4.78 is 0. The first-order chi connectivity index (χ1) is 9.13. The van der Waals surface area contributed by atoms with Gasteiger partial charge in [0, 0.05) is 23.2 Å². The summed E-state index contributed by atoms with van der Waals surface area (Å²) in [5.74, 6) is 0.931. The molecule has 0 N–H and O–H groups in total. The molecule has 2 aliphatic rings. The Morgan fingerprint density at radius 1 is 1.42 bits per heavy atom. The molecule has 1 saturated heterocycles. The third-order valence-corrected chi connectivity index (χ3v) is 4.47. The van der Waals surface area contributed by atoms with Crippen molar-refractivity contribution in [1.29, 1.82) is 0 Å². The fourth-order valence-electron chi connectivity index (χ4n) is 3.31. The summed E-state index contributed by atoms with van der Waals surface area (Å²) in [5.41, 5.74) is 1.79. The van der Waals surface area contributed by atoms with E-state index < -0.39 is 0 Å². The number of benzene rings is 1. The molecular formula is C16H18ClNO. The van der Waals surface area contributed by atoms with Gasteiger partial charge in [0.15, 0.2) is 0 Å². The lowest BCUT2D eigenvalue weighted by molar-refractivity contribution is -0.128. The van der Waals surface area contributed by atoms with Gasteiger partial charge in [-0.05, 0) is 55.9 Å². The number of fused-ring (bicyclic) bond motifs is 2. The maximum atomic E-state index is 12.4. The van der Waals surface area contributed by atoms with Crippen molar-refractivity contribution in [3.05, 3.63) is 40.4 Å². The van der Waals surface area contributed by atoms with Crippen molar-refractivity contribution >= 4 is 23.6 Å². The van der Waals surface area contributed by atoms with Gasteiger partial charge in [0.05, 0.1) is 0 Å². The molecule has 0 aromatic heterocycles. The normalized spacial score (nSPS) is 26.0. The molecule has 1 heterocycles. The highest BCUT2D eigenvalue weighted by Gasteiger charge is 2.40. The molecule has 100 valence electrons. The minimum absolute atomic E-state index is 0.187. The van der Waals surface area contributed by atoms with Crippen LogP contribution in [0, 0.1) is 5.92 Å². The second-order valence-electron chi connectivity index (χ2n) is 5.67. The first kappa shape index (κ1) is 12.7. The van der Waals surface area contributed by atoms with E-state index in [-0.39, 0.29) is 5.91 Å². The number of carbonyl (C=O) groups excluding carboxylic acids is 1. The van der Waals surface area contributed by atoms with Crippen LogP contribution in [0.25, 0.3) is 6.08 Å². The van der Waals surface area contributed by atoms with Gasteiger partial charge >= 0.3 is 0 Å². The second-order valence-corrected chi connectivity index (χ2v) is 6.11. The van der Waals surface area contributed by atoms with Crippen LogP contribution < -0.4 is 0 Å². The Kier molecular flexibility index (Phi) is 3.36. The van der Waals surface area contributed by atoms with Crippen LogP contribution in [0.1, 0.15) is 31.7 Å². The van der Waals surface area contributed by atoms with Crippen molar-refractivity contribution in [3.8, 4) is 0 Å². The van der Waals surface area contributed by atoms with E-state index in [2.05, 4.69) is 4.90 Å². The number of hydrogen-bond donors (Lipinski definition) is 0. The number of hydrogen-bond acceptors (Lipinski definition) is 1. The van der Waals surface area contributed by atoms with Crippen molar-refractivity contribution < 1.29 is 4.79 Å². The van der Waals surface area contributed by atoms with E-state index in [0.29, 0.717) is 11.1 Å². The number of piperidine rings is 1. The van der Waals surface area contributed by atoms with Crippen molar-refractivity contribution in [2.24, 2.45) is 5.92 Å². The van der Waals surface area contributed by atoms with Gasteiger partial charge in [0.1, 0.15) is 0 Å². The van der Waals surface area contributed by atoms with Gasteiger partial charge in [0.2, 0.25) is 5.91 Å². The molecule has 0 spiro atoms. The number of likely N-dealkylation sites (tertiary alicyclic amines) is 1. The van der Waals surface area contributed by atoms with E-state index in [4.69, 9.17) is 11.6 Å². The van der Waals surface area contributed by atoms with E-state index in [0.717, 1.165) is 23.6 Å². The van der Waals surface area contributed by atoms with Crippen LogP contribution in [0.3, 0.4) is 0 Å². The highest BCUT2D eigenvalue weighted by molar-refractivity contribution is 6.30. The van der Waals surface area contributed by atoms with Crippen LogP contribution in [-0.2, 0) is 4.79 Å². The summed E-state index contributed by atoms with van der Waals surface area (Å²) in [6, 6.07) is 8.09. The Morgan fingerprint density at radius 2 is 2.26 bits per heavy atom. The summed E-state index contributed by atoms with van der Waals surface area (Å²) in [6.07, 6.45) is 5.61. The molecule has 0 radical (unpaired) electrons. The SMILES string of the molecule is C/C(=C\c1cccc(Cl)c1)C(=O)N1CC2CCC1C2. The predicted octanol–water partition coefficient (Wildman–Crippen LogP) is 3.75. The first-order valence-corrected chi connectivity index (χ1v) is 7.26. The van der Waals surface area contributed by atoms with Crippen LogP contribution >= 0.6 is 11.6 Å². The summed E-state index contributed by atoms with van der Waals surface area (Å²) in [5, 5.41) is 0.703. The summed E-state index contributed by atoms with van der Waals surface area (Å²) in [6.45, 7) is 2.85. The van der Waals surface area contributed by atoms with Gasteiger partial charge in [0.25, 0.3) is 0 Å². The average Bonchev–Trinajstić information content (AvgIpc) is 3.00. The van der Waals surface area contributed by atoms with Gasteiger partial charge in [-0.15, -0.1) is 0 Å². The highest BCUT2D eigenvalue weighted by Crippen LogP contribution is 2.38. The number of amides is 1. The van der Waals surface area contributed by atoms with Gasteiger partial charge < -0.3 is 4.90 Å². The lowest BCUT2D eigenvalue weighted by Crippen LogP contribution is -2.38. The quantitative estimate of drug-likeness (QED) is 0.753. The van der Waals surface area contributed by atoms with E-state index in [1.54, 1.807) is 0 Å². The molecule has 2 bridgehead atoms. The monoisotopic (exact) mass is 275 g/mol. The third kappa shape index (κ3) is 2.55. The molecule has 1 aromatic carbocycles. The molecule has 2 unspecified atom stereocenters. The Hall–Kier alpha value is -1.28. The lowest BCUT2D eigenvalue weighted by Gasteiger charge is -2.27. The zero-order chi connectivity index (χ0) is 13.4. The van der Waals surface area contributed by atoms with Crippen molar-refractivity contribution in [2.45, 2.75) is 32.2 Å². The fourth-order valence-corrected chi connectivity index (χ4v) is 3.51. The maximum Gasteiger partial charge on any atom is 0.249 e. The van der Waals surface area contributed by atoms with Crippen LogP contribution in [0.4, 0.5) is 0 Å². The van der Waals surface area contributed by atoms with E-state index in [1.165, 1.54) is 19.3 Å². The lowest BCUT2D eigenvalue weighted by atomic mass is 10.1. The third-order valence-electron chi connectivity index (χ3n) is 4.24. The number of nitrogens with zero attached hydrogens (tertiary/aromatic N) is 1. The number of rotatable bonds is 2. The molecule has 2 nitrogen and oxygen atoms in total. The number of carbonyl (C=O) groups is 1. The topological polar surface area (TPSA) is 20.3 Å². The standard InChI is InChI=1S/C16H18ClNO/c1-11(7-12-3-2-4-14(17)8-12)16(19)18-10-13-5-6-15(18)9-13/h2-4,7-8,13,15H,5-6,9-10H2,1H3/b11-7+. The maximum absolute atomic E-state index is 12.4. The number of halogens is 1. The fraction of sp³-hybridized carbons (Fsp3) is 0.438. The van der Waals surface area contributed by atoms with Crippen LogP contribution in [-0.4, -0.2) is 23.4 Å². The molecule has 2 fully saturated rings. The summed E-state index contributed by atoms with van der Waals surface area (Å²) in [7, 11) is 0. The molecule has 1 saturated carbocycles. The Bertz CT molecular complexity index is 537. The largest absolute Gasteiger partial charge is 0.336 e. The highest BCUT2D eigenvalue weighted by atomic mass is 35.5. The predicted molar refractivity (Wildman–Crippen MR) is 77.9 cm³/mol.